The quantitative estimate of drug-likeness (QED) is 0.527. The Kier molecular flexibility index (Phi) is 3.26. The average Bonchev–Trinajstić information content (AvgIpc) is 3.33. The minimum Gasteiger partial charge on any atom is -0.277 e. The second-order valence-electron chi connectivity index (χ2n) is 6.15. The van der Waals surface area contributed by atoms with Gasteiger partial charge >= 0.3 is 0 Å². The zero-order chi connectivity index (χ0) is 17.7. The van der Waals surface area contributed by atoms with E-state index in [1.54, 1.807) is 10.6 Å². The van der Waals surface area contributed by atoms with Gasteiger partial charge in [-0.3, -0.25) is 9.89 Å². The molecule has 5 aromatic rings. The summed E-state index contributed by atoms with van der Waals surface area (Å²) in [7, 11) is 0. The lowest BCUT2D eigenvalue weighted by atomic mass is 10.1. The highest BCUT2D eigenvalue weighted by Gasteiger charge is 2.13. The molecule has 0 aliphatic heterocycles. The Hall–Kier alpha value is -3.25. The second-order valence-corrected chi connectivity index (χ2v) is 7.16. The summed E-state index contributed by atoms with van der Waals surface area (Å²) in [6.45, 7) is 2.01. The molecule has 0 aliphatic carbocycles. The molecule has 5 rings (SSSR count). The van der Waals surface area contributed by atoms with Gasteiger partial charge in [0.25, 0.3) is 5.56 Å². The Labute approximate surface area is 152 Å². The van der Waals surface area contributed by atoms with E-state index in [2.05, 4.69) is 15.2 Å². The Morgan fingerprint density at radius 3 is 2.81 bits per heavy atom. The van der Waals surface area contributed by atoms with Crippen molar-refractivity contribution in [3.8, 4) is 11.3 Å². The van der Waals surface area contributed by atoms with Crippen molar-refractivity contribution in [2.45, 2.75) is 6.92 Å². The first-order valence-corrected chi connectivity index (χ1v) is 9.05. The number of aryl methyl sites for hydroxylation is 1. The van der Waals surface area contributed by atoms with Crippen LogP contribution in [0.5, 0.6) is 0 Å². The van der Waals surface area contributed by atoms with Gasteiger partial charge in [0.15, 0.2) is 4.96 Å². The van der Waals surface area contributed by atoms with Crippen LogP contribution in [0.15, 0.2) is 59.5 Å². The molecule has 0 fully saturated rings. The highest BCUT2D eigenvalue weighted by molar-refractivity contribution is 7.15. The van der Waals surface area contributed by atoms with Gasteiger partial charge < -0.3 is 0 Å². The highest BCUT2D eigenvalue weighted by Crippen LogP contribution is 2.22. The minimum atomic E-state index is -0.0432. The van der Waals surface area contributed by atoms with E-state index in [0.29, 0.717) is 4.53 Å². The average molecular weight is 358 g/mol. The molecule has 0 unspecified atom stereocenters. The van der Waals surface area contributed by atoms with Gasteiger partial charge in [0, 0.05) is 11.1 Å². The highest BCUT2D eigenvalue weighted by atomic mass is 32.1. The number of nitrogens with one attached hydrogen (secondary N) is 1. The van der Waals surface area contributed by atoms with E-state index >= 15 is 0 Å². The molecule has 3 aromatic heterocycles. The molecule has 6 heteroatoms. The molecule has 0 bridgehead atoms. The zero-order valence-electron chi connectivity index (χ0n) is 13.9. The fourth-order valence-corrected chi connectivity index (χ4v) is 4.18. The number of benzene rings is 2. The standard InChI is InChI=1S/C20H14N4OS/c1-12-6-5-9-15-17(12)22-20-24(15)19(25)16(26-20)10-14-11-21-23-18(14)13-7-3-2-4-8-13/h2-11H,1H3,(H,21,23)/b16-10-. The van der Waals surface area contributed by atoms with Crippen molar-refractivity contribution in [2.24, 2.45) is 0 Å². The third-order valence-corrected chi connectivity index (χ3v) is 5.46. The van der Waals surface area contributed by atoms with Gasteiger partial charge in [0.2, 0.25) is 0 Å². The van der Waals surface area contributed by atoms with E-state index in [9.17, 15) is 4.79 Å². The van der Waals surface area contributed by atoms with Crippen molar-refractivity contribution in [1.82, 2.24) is 19.6 Å². The fraction of sp³-hybridized carbons (Fsp3) is 0.0500. The predicted molar refractivity (Wildman–Crippen MR) is 104 cm³/mol. The van der Waals surface area contributed by atoms with Gasteiger partial charge in [-0.05, 0) is 24.6 Å². The Bertz CT molecular complexity index is 1360. The van der Waals surface area contributed by atoms with Crippen molar-refractivity contribution in [3.05, 3.63) is 80.7 Å². The monoisotopic (exact) mass is 358 g/mol. The van der Waals surface area contributed by atoms with Crippen molar-refractivity contribution >= 4 is 33.4 Å². The van der Waals surface area contributed by atoms with E-state index in [1.807, 2.05) is 61.5 Å². The summed E-state index contributed by atoms with van der Waals surface area (Å²) >= 11 is 1.40. The maximum atomic E-state index is 13.0. The van der Waals surface area contributed by atoms with E-state index in [1.165, 1.54) is 11.3 Å². The van der Waals surface area contributed by atoms with Crippen molar-refractivity contribution < 1.29 is 0 Å². The number of nitrogens with zero attached hydrogens (tertiary/aromatic N) is 3. The lowest BCUT2D eigenvalue weighted by Crippen LogP contribution is -2.22. The van der Waals surface area contributed by atoms with Crippen LogP contribution in [0.25, 0.3) is 33.3 Å². The summed E-state index contributed by atoms with van der Waals surface area (Å²) in [6.07, 6.45) is 3.63. The molecule has 0 aliphatic rings. The van der Waals surface area contributed by atoms with Crippen LogP contribution in [0.1, 0.15) is 11.1 Å². The molecule has 126 valence electrons. The van der Waals surface area contributed by atoms with Gasteiger partial charge in [0.05, 0.1) is 27.5 Å². The predicted octanol–water partition coefficient (Wildman–Crippen LogP) is 3.16. The Morgan fingerprint density at radius 2 is 1.96 bits per heavy atom. The number of hydrogen-bond donors (Lipinski definition) is 1. The van der Waals surface area contributed by atoms with Crippen LogP contribution in [0.2, 0.25) is 0 Å². The third kappa shape index (κ3) is 2.19. The van der Waals surface area contributed by atoms with Crippen molar-refractivity contribution in [2.75, 3.05) is 0 Å². The molecule has 26 heavy (non-hydrogen) atoms. The van der Waals surface area contributed by atoms with Crippen LogP contribution in [0, 0.1) is 6.92 Å². The summed E-state index contributed by atoms with van der Waals surface area (Å²) in [5, 5.41) is 7.18. The number of aromatic nitrogens is 4. The molecule has 0 atom stereocenters. The lowest BCUT2D eigenvalue weighted by Gasteiger charge is -1.98. The molecule has 2 aromatic carbocycles. The maximum Gasteiger partial charge on any atom is 0.274 e. The smallest absolute Gasteiger partial charge is 0.274 e. The van der Waals surface area contributed by atoms with E-state index < -0.39 is 0 Å². The number of thiazole rings is 1. The zero-order valence-corrected chi connectivity index (χ0v) is 14.7. The molecule has 0 saturated heterocycles. The minimum absolute atomic E-state index is 0.0432. The van der Waals surface area contributed by atoms with Gasteiger partial charge in [0.1, 0.15) is 0 Å². The summed E-state index contributed by atoms with van der Waals surface area (Å²) in [4.78, 5) is 18.3. The Balaban J connectivity index is 1.74. The molecular formula is C20H14N4OS. The largest absolute Gasteiger partial charge is 0.277 e. The third-order valence-electron chi connectivity index (χ3n) is 4.49. The summed E-state index contributed by atoms with van der Waals surface area (Å²) in [6, 6.07) is 15.9. The second kappa shape index (κ2) is 5.64. The van der Waals surface area contributed by atoms with Gasteiger partial charge in [-0.1, -0.05) is 53.8 Å². The number of fused-ring (bicyclic) bond motifs is 3. The van der Waals surface area contributed by atoms with Gasteiger partial charge in [-0.2, -0.15) is 5.10 Å². The molecule has 5 nitrogen and oxygen atoms in total. The number of para-hydroxylation sites is 1. The van der Waals surface area contributed by atoms with Crippen LogP contribution in [0.4, 0.5) is 0 Å². The maximum absolute atomic E-state index is 13.0. The molecular weight excluding hydrogens is 344 g/mol. The summed E-state index contributed by atoms with van der Waals surface area (Å²) in [5.74, 6) is 0. The van der Waals surface area contributed by atoms with Crippen LogP contribution >= 0.6 is 11.3 Å². The fourth-order valence-electron chi connectivity index (χ4n) is 3.21. The van der Waals surface area contributed by atoms with Gasteiger partial charge in [-0.25, -0.2) is 9.38 Å². The molecule has 0 saturated carbocycles. The SMILES string of the molecule is Cc1cccc2c1nc1s/c(=C\c3cn[nH]c3-c3ccccc3)c(=O)n12. The molecule has 0 amide bonds. The molecule has 0 radical (unpaired) electrons. The number of hydrogen-bond acceptors (Lipinski definition) is 4. The number of aromatic amines is 1. The van der Waals surface area contributed by atoms with Crippen molar-refractivity contribution in [1.29, 1.82) is 0 Å². The molecule has 1 N–H and O–H groups in total. The van der Waals surface area contributed by atoms with E-state index in [-0.39, 0.29) is 5.56 Å². The van der Waals surface area contributed by atoms with E-state index in [4.69, 9.17) is 0 Å². The topological polar surface area (TPSA) is 63.0 Å². The number of rotatable bonds is 2. The first-order chi connectivity index (χ1) is 12.7. The van der Waals surface area contributed by atoms with E-state index in [0.717, 1.165) is 38.4 Å². The van der Waals surface area contributed by atoms with Crippen LogP contribution in [-0.4, -0.2) is 19.6 Å². The lowest BCUT2D eigenvalue weighted by molar-refractivity contribution is 1.10. The molecule has 0 spiro atoms. The van der Waals surface area contributed by atoms with Gasteiger partial charge in [-0.15, -0.1) is 0 Å². The molecule has 3 heterocycles. The van der Waals surface area contributed by atoms with Crippen LogP contribution in [0.3, 0.4) is 0 Å². The summed E-state index contributed by atoms with van der Waals surface area (Å²) < 4.78 is 2.34. The normalized spacial score (nSPS) is 12.4. The number of H-pyrrole nitrogens is 1. The first-order valence-electron chi connectivity index (χ1n) is 8.23. The number of imidazole rings is 1. The Morgan fingerprint density at radius 1 is 1.12 bits per heavy atom. The van der Waals surface area contributed by atoms with Crippen LogP contribution in [-0.2, 0) is 0 Å². The first kappa shape index (κ1) is 15.0. The van der Waals surface area contributed by atoms with Crippen LogP contribution < -0.4 is 10.1 Å². The van der Waals surface area contributed by atoms with Crippen molar-refractivity contribution in [3.63, 3.8) is 0 Å². The summed E-state index contributed by atoms with van der Waals surface area (Å²) in [5.41, 5.74) is 5.59.